The molecule has 0 atom stereocenters. The summed E-state index contributed by atoms with van der Waals surface area (Å²) in [6, 6.07) is 24.8. The Hall–Kier alpha value is -3.11. The monoisotopic (exact) mass is 413 g/mol. The molecule has 0 bridgehead atoms. The lowest BCUT2D eigenvalue weighted by Crippen LogP contribution is -2.38. The molecule has 0 spiro atoms. The Kier molecular flexibility index (Phi) is 5.47. The summed E-state index contributed by atoms with van der Waals surface area (Å²) in [5.41, 5.74) is 7.14. The standard InChI is InChI=1S/C27H27NO3/c29-17-20-7-1-2-8-21(20)19-13-15-28(16-14-19)27(30)31-18-26-24-11-5-3-9-22(24)23-10-4-6-12-25(23)26/h1-12,19,26,29H,13-18H2. The zero-order valence-corrected chi connectivity index (χ0v) is 17.5. The minimum Gasteiger partial charge on any atom is -0.448 e. The summed E-state index contributed by atoms with van der Waals surface area (Å²) < 4.78 is 5.81. The highest BCUT2D eigenvalue weighted by Gasteiger charge is 2.31. The molecule has 1 aliphatic carbocycles. The van der Waals surface area contributed by atoms with Crippen LogP contribution in [-0.4, -0.2) is 35.8 Å². The molecule has 3 aromatic rings. The number of rotatable bonds is 4. The van der Waals surface area contributed by atoms with Crippen LogP contribution in [0.5, 0.6) is 0 Å². The number of aliphatic hydroxyl groups is 1. The van der Waals surface area contributed by atoms with Crippen molar-refractivity contribution in [1.82, 2.24) is 4.90 Å². The summed E-state index contributed by atoms with van der Waals surface area (Å²) in [7, 11) is 0. The molecular formula is C27H27NO3. The summed E-state index contributed by atoms with van der Waals surface area (Å²) in [6.45, 7) is 1.78. The minimum absolute atomic E-state index is 0.0583. The van der Waals surface area contributed by atoms with Gasteiger partial charge < -0.3 is 14.7 Å². The van der Waals surface area contributed by atoms with Crippen LogP contribution in [0.15, 0.2) is 72.8 Å². The number of carbonyl (C=O) groups excluding carboxylic acids is 1. The third-order valence-corrected chi connectivity index (χ3v) is 6.75. The van der Waals surface area contributed by atoms with Crippen molar-refractivity contribution in [3.8, 4) is 11.1 Å². The second kappa shape index (κ2) is 8.56. The summed E-state index contributed by atoms with van der Waals surface area (Å²) in [4.78, 5) is 14.6. The molecular weight excluding hydrogens is 386 g/mol. The van der Waals surface area contributed by atoms with E-state index in [4.69, 9.17) is 4.74 Å². The number of ether oxygens (including phenoxy) is 1. The van der Waals surface area contributed by atoms with E-state index in [-0.39, 0.29) is 18.6 Å². The molecule has 1 N–H and O–H groups in total. The maximum absolute atomic E-state index is 12.8. The number of piperidine rings is 1. The zero-order chi connectivity index (χ0) is 21.2. The Balaban J connectivity index is 1.22. The predicted molar refractivity (Wildman–Crippen MR) is 121 cm³/mol. The van der Waals surface area contributed by atoms with Crippen LogP contribution >= 0.6 is 0 Å². The van der Waals surface area contributed by atoms with Gasteiger partial charge in [-0.05, 0) is 52.1 Å². The maximum atomic E-state index is 12.8. The molecule has 0 unspecified atom stereocenters. The van der Waals surface area contributed by atoms with Gasteiger partial charge >= 0.3 is 6.09 Å². The molecule has 4 nitrogen and oxygen atoms in total. The highest BCUT2D eigenvalue weighted by atomic mass is 16.6. The molecule has 158 valence electrons. The van der Waals surface area contributed by atoms with Gasteiger partial charge in [-0.2, -0.15) is 0 Å². The van der Waals surface area contributed by atoms with E-state index in [0.717, 1.165) is 18.4 Å². The van der Waals surface area contributed by atoms with Crippen molar-refractivity contribution in [3.05, 3.63) is 95.1 Å². The minimum atomic E-state index is -0.226. The largest absolute Gasteiger partial charge is 0.448 e. The summed E-state index contributed by atoms with van der Waals surface area (Å²) in [6.07, 6.45) is 1.55. The first kappa shape index (κ1) is 19.8. The number of hydrogen-bond acceptors (Lipinski definition) is 3. The van der Waals surface area contributed by atoms with Crippen LogP contribution < -0.4 is 0 Å². The van der Waals surface area contributed by atoms with Gasteiger partial charge in [0.1, 0.15) is 6.61 Å². The molecule has 3 aromatic carbocycles. The zero-order valence-electron chi connectivity index (χ0n) is 17.5. The third-order valence-electron chi connectivity index (χ3n) is 6.75. The van der Waals surface area contributed by atoms with E-state index < -0.39 is 0 Å². The number of amides is 1. The average Bonchev–Trinajstić information content (AvgIpc) is 3.16. The van der Waals surface area contributed by atoms with Gasteiger partial charge in [-0.3, -0.25) is 0 Å². The van der Waals surface area contributed by atoms with Crippen molar-refractivity contribution in [2.24, 2.45) is 0 Å². The lowest BCUT2D eigenvalue weighted by molar-refractivity contribution is 0.0903. The smallest absolute Gasteiger partial charge is 0.409 e. The second-order valence-corrected chi connectivity index (χ2v) is 8.42. The normalized spacial score (nSPS) is 16.1. The maximum Gasteiger partial charge on any atom is 0.409 e. The van der Waals surface area contributed by atoms with E-state index in [0.29, 0.717) is 25.6 Å². The molecule has 0 radical (unpaired) electrons. The summed E-state index contributed by atoms with van der Waals surface area (Å²) >= 11 is 0. The van der Waals surface area contributed by atoms with Gasteiger partial charge in [0.15, 0.2) is 0 Å². The van der Waals surface area contributed by atoms with Gasteiger partial charge in [-0.25, -0.2) is 4.79 Å². The average molecular weight is 414 g/mol. The Morgan fingerprint density at radius 2 is 1.39 bits per heavy atom. The SMILES string of the molecule is O=C(OCC1c2ccccc2-c2ccccc21)N1CCC(c2ccccc2CO)CC1. The number of fused-ring (bicyclic) bond motifs is 3. The summed E-state index contributed by atoms with van der Waals surface area (Å²) in [5, 5.41) is 9.62. The first-order valence-electron chi connectivity index (χ1n) is 11.0. The van der Waals surface area contributed by atoms with Crippen molar-refractivity contribution in [3.63, 3.8) is 0 Å². The molecule has 5 rings (SSSR count). The van der Waals surface area contributed by atoms with Crippen molar-refractivity contribution in [2.75, 3.05) is 19.7 Å². The molecule has 0 aromatic heterocycles. The van der Waals surface area contributed by atoms with Crippen molar-refractivity contribution < 1.29 is 14.6 Å². The number of aliphatic hydroxyl groups excluding tert-OH is 1. The fraction of sp³-hybridized carbons (Fsp3) is 0.296. The Bertz CT molecular complexity index is 1040. The predicted octanol–water partition coefficient (Wildman–Crippen LogP) is 5.31. The molecule has 1 fully saturated rings. The van der Waals surface area contributed by atoms with E-state index in [9.17, 15) is 9.90 Å². The van der Waals surface area contributed by atoms with Crippen LogP contribution in [0.2, 0.25) is 0 Å². The molecule has 1 heterocycles. The molecule has 0 saturated carbocycles. The van der Waals surface area contributed by atoms with Gasteiger partial charge in [0.25, 0.3) is 0 Å². The topological polar surface area (TPSA) is 49.8 Å². The summed E-state index contributed by atoms with van der Waals surface area (Å²) in [5.74, 6) is 0.464. The number of benzene rings is 3. The molecule has 4 heteroatoms. The number of carbonyl (C=O) groups is 1. The fourth-order valence-electron chi connectivity index (χ4n) is 5.13. The van der Waals surface area contributed by atoms with Crippen molar-refractivity contribution in [1.29, 1.82) is 0 Å². The first-order valence-corrected chi connectivity index (χ1v) is 11.0. The Labute approximate surface area is 183 Å². The second-order valence-electron chi connectivity index (χ2n) is 8.42. The van der Waals surface area contributed by atoms with Crippen LogP contribution in [0.4, 0.5) is 4.79 Å². The van der Waals surface area contributed by atoms with Gasteiger partial charge in [0, 0.05) is 19.0 Å². The number of likely N-dealkylation sites (tertiary alicyclic amines) is 1. The quantitative estimate of drug-likeness (QED) is 0.631. The Morgan fingerprint density at radius 1 is 0.839 bits per heavy atom. The molecule has 1 aliphatic heterocycles. The fourth-order valence-corrected chi connectivity index (χ4v) is 5.13. The van der Waals surface area contributed by atoms with Crippen LogP contribution in [0.3, 0.4) is 0 Å². The van der Waals surface area contributed by atoms with Gasteiger partial charge in [0.2, 0.25) is 0 Å². The molecule has 1 saturated heterocycles. The van der Waals surface area contributed by atoms with Crippen molar-refractivity contribution in [2.45, 2.75) is 31.3 Å². The van der Waals surface area contributed by atoms with E-state index in [1.54, 1.807) is 0 Å². The Morgan fingerprint density at radius 3 is 2.00 bits per heavy atom. The van der Waals surface area contributed by atoms with Crippen LogP contribution in [0.1, 0.15) is 46.9 Å². The highest BCUT2D eigenvalue weighted by Crippen LogP contribution is 2.44. The molecule has 1 amide bonds. The number of hydrogen-bond donors (Lipinski definition) is 1. The molecule has 31 heavy (non-hydrogen) atoms. The van der Waals surface area contributed by atoms with Crippen LogP contribution in [0, 0.1) is 0 Å². The highest BCUT2D eigenvalue weighted by molar-refractivity contribution is 5.79. The third kappa shape index (κ3) is 3.72. The first-order chi connectivity index (χ1) is 15.3. The van der Waals surface area contributed by atoms with Gasteiger partial charge in [-0.1, -0.05) is 72.8 Å². The van der Waals surface area contributed by atoms with Gasteiger partial charge in [0.05, 0.1) is 6.61 Å². The lowest BCUT2D eigenvalue weighted by atomic mass is 9.87. The van der Waals surface area contributed by atoms with E-state index in [2.05, 4.69) is 54.6 Å². The number of nitrogens with zero attached hydrogens (tertiary/aromatic N) is 1. The van der Waals surface area contributed by atoms with Gasteiger partial charge in [-0.15, -0.1) is 0 Å². The van der Waals surface area contributed by atoms with E-state index in [1.807, 2.05) is 23.1 Å². The lowest BCUT2D eigenvalue weighted by Gasteiger charge is -2.32. The van der Waals surface area contributed by atoms with Crippen LogP contribution in [-0.2, 0) is 11.3 Å². The van der Waals surface area contributed by atoms with E-state index in [1.165, 1.54) is 27.8 Å². The van der Waals surface area contributed by atoms with Crippen molar-refractivity contribution >= 4 is 6.09 Å². The van der Waals surface area contributed by atoms with E-state index >= 15 is 0 Å². The molecule has 2 aliphatic rings. The van der Waals surface area contributed by atoms with Crippen LogP contribution in [0.25, 0.3) is 11.1 Å².